The van der Waals surface area contributed by atoms with Crippen LogP contribution in [0, 0.1) is 22.7 Å². The Morgan fingerprint density at radius 1 is 1.05 bits per heavy atom. The van der Waals surface area contributed by atoms with Crippen LogP contribution in [0.25, 0.3) is 11.9 Å². The lowest BCUT2D eigenvalue weighted by Crippen LogP contribution is -1.87. The van der Waals surface area contributed by atoms with E-state index in [1.54, 1.807) is 0 Å². The molecule has 0 saturated heterocycles. The van der Waals surface area contributed by atoms with Gasteiger partial charge >= 0.3 is 0 Å². The summed E-state index contributed by atoms with van der Waals surface area (Å²) in [6.07, 6.45) is 3.51. The van der Waals surface area contributed by atoms with Gasteiger partial charge in [-0.05, 0) is 35.8 Å². The molecule has 2 aromatic carbocycles. The highest BCUT2D eigenvalue weighted by Gasteiger charge is 2.06. The highest BCUT2D eigenvalue weighted by molar-refractivity contribution is 5.77. The summed E-state index contributed by atoms with van der Waals surface area (Å²) in [5, 5.41) is 17.9. The molecule has 0 spiro atoms. The zero-order valence-electron chi connectivity index (χ0n) is 12.3. The van der Waals surface area contributed by atoms with E-state index < -0.39 is 5.83 Å². The molecule has 0 atom stereocenters. The van der Waals surface area contributed by atoms with E-state index in [0.717, 1.165) is 18.4 Å². The molecule has 0 fully saturated rings. The lowest BCUT2D eigenvalue weighted by molar-refractivity contribution is 0.765. The first-order chi connectivity index (χ1) is 10.7. The summed E-state index contributed by atoms with van der Waals surface area (Å²) >= 11 is 0. The zero-order chi connectivity index (χ0) is 15.9. The molecule has 0 amide bonds. The van der Waals surface area contributed by atoms with Crippen LogP contribution in [-0.2, 0) is 6.42 Å². The van der Waals surface area contributed by atoms with Crippen LogP contribution >= 0.6 is 0 Å². The summed E-state index contributed by atoms with van der Waals surface area (Å²) in [6.45, 7) is 2.12. The van der Waals surface area contributed by atoms with Gasteiger partial charge in [-0.15, -0.1) is 0 Å². The van der Waals surface area contributed by atoms with E-state index >= 15 is 0 Å². The third-order valence-electron chi connectivity index (χ3n) is 3.35. The van der Waals surface area contributed by atoms with Crippen molar-refractivity contribution in [1.82, 2.24) is 0 Å². The Balaban J connectivity index is 2.29. The van der Waals surface area contributed by atoms with Gasteiger partial charge in [-0.25, -0.2) is 4.39 Å². The van der Waals surface area contributed by atoms with Gasteiger partial charge in [0, 0.05) is 5.56 Å². The molecule has 2 nitrogen and oxygen atoms in total. The lowest BCUT2D eigenvalue weighted by Gasteiger charge is -2.02. The zero-order valence-corrected chi connectivity index (χ0v) is 12.3. The van der Waals surface area contributed by atoms with E-state index in [2.05, 4.69) is 6.92 Å². The third kappa shape index (κ3) is 3.59. The molecule has 0 saturated carbocycles. The van der Waals surface area contributed by atoms with E-state index in [0.29, 0.717) is 5.56 Å². The number of rotatable bonds is 4. The van der Waals surface area contributed by atoms with Gasteiger partial charge in [-0.1, -0.05) is 43.7 Å². The van der Waals surface area contributed by atoms with E-state index in [9.17, 15) is 4.39 Å². The Morgan fingerprint density at radius 3 is 2.32 bits per heavy atom. The second-order valence-corrected chi connectivity index (χ2v) is 4.97. The van der Waals surface area contributed by atoms with Gasteiger partial charge in [0.05, 0.1) is 11.1 Å². The predicted octanol–water partition coefficient (Wildman–Crippen LogP) is 4.85. The van der Waals surface area contributed by atoms with Crippen molar-refractivity contribution in [3.63, 3.8) is 0 Å². The number of hydrogen-bond donors (Lipinski definition) is 0. The number of aryl methyl sites for hydroxylation is 1. The maximum atomic E-state index is 14.3. The van der Waals surface area contributed by atoms with Gasteiger partial charge in [0.15, 0.2) is 0 Å². The summed E-state index contributed by atoms with van der Waals surface area (Å²) in [6, 6.07) is 15.9. The molecule has 0 aliphatic heterocycles. The number of benzene rings is 2. The largest absolute Gasteiger partial charge is 0.206 e. The van der Waals surface area contributed by atoms with Crippen LogP contribution in [0.3, 0.4) is 0 Å². The Bertz CT molecular complexity index is 775. The normalized spacial score (nSPS) is 10.8. The summed E-state index contributed by atoms with van der Waals surface area (Å²) in [4.78, 5) is 0. The molecule has 0 heterocycles. The van der Waals surface area contributed by atoms with Gasteiger partial charge in [0.2, 0.25) is 0 Å². The van der Waals surface area contributed by atoms with Crippen molar-refractivity contribution in [3.8, 4) is 12.1 Å². The smallest absolute Gasteiger partial charge is 0.131 e. The molecule has 0 aromatic heterocycles. The molecule has 0 aliphatic rings. The molecule has 0 radical (unpaired) electrons. The summed E-state index contributed by atoms with van der Waals surface area (Å²) < 4.78 is 14.3. The summed E-state index contributed by atoms with van der Waals surface area (Å²) in [5.74, 6) is -0.427. The van der Waals surface area contributed by atoms with E-state index in [4.69, 9.17) is 10.5 Å². The van der Waals surface area contributed by atoms with Crippen LogP contribution in [-0.4, -0.2) is 0 Å². The molecule has 0 aliphatic carbocycles. The average molecular weight is 290 g/mol. The first kappa shape index (κ1) is 15.5. The maximum absolute atomic E-state index is 14.3. The quantitative estimate of drug-likeness (QED) is 0.756. The molecule has 0 bridgehead atoms. The van der Waals surface area contributed by atoms with Crippen LogP contribution in [0.15, 0.2) is 42.5 Å². The van der Waals surface area contributed by atoms with Crippen LogP contribution in [0.2, 0.25) is 0 Å². The van der Waals surface area contributed by atoms with Crippen molar-refractivity contribution in [1.29, 1.82) is 10.5 Å². The van der Waals surface area contributed by atoms with Crippen LogP contribution in [0.1, 0.15) is 41.2 Å². The molecular formula is C19H15FN2. The van der Waals surface area contributed by atoms with Crippen molar-refractivity contribution >= 4 is 11.9 Å². The maximum Gasteiger partial charge on any atom is 0.131 e. The highest BCUT2D eigenvalue weighted by Crippen LogP contribution is 2.22. The molecule has 108 valence electrons. The highest BCUT2D eigenvalue weighted by atomic mass is 19.1. The van der Waals surface area contributed by atoms with Crippen molar-refractivity contribution in [2.24, 2.45) is 0 Å². The Labute approximate surface area is 129 Å². The first-order valence-corrected chi connectivity index (χ1v) is 7.08. The molecule has 0 unspecified atom stereocenters. The van der Waals surface area contributed by atoms with Crippen molar-refractivity contribution in [2.75, 3.05) is 0 Å². The van der Waals surface area contributed by atoms with Crippen molar-refractivity contribution in [3.05, 3.63) is 70.3 Å². The lowest BCUT2D eigenvalue weighted by atomic mass is 10.0. The predicted molar refractivity (Wildman–Crippen MR) is 85.3 cm³/mol. The number of hydrogen-bond acceptors (Lipinski definition) is 2. The fraction of sp³-hybridized carbons (Fsp3) is 0.158. The third-order valence-corrected chi connectivity index (χ3v) is 3.35. The van der Waals surface area contributed by atoms with Crippen LogP contribution < -0.4 is 0 Å². The minimum Gasteiger partial charge on any atom is -0.206 e. The van der Waals surface area contributed by atoms with Gasteiger partial charge in [0.1, 0.15) is 18.0 Å². The minimum absolute atomic E-state index is 0.182. The van der Waals surface area contributed by atoms with E-state index in [1.807, 2.05) is 36.4 Å². The second kappa shape index (κ2) is 7.20. The molecular weight excluding hydrogens is 275 g/mol. The van der Waals surface area contributed by atoms with Gasteiger partial charge in [0.25, 0.3) is 0 Å². The number of nitrogens with zero attached hydrogens (tertiary/aromatic N) is 2. The van der Waals surface area contributed by atoms with E-state index in [1.165, 1.54) is 29.8 Å². The monoisotopic (exact) mass is 290 g/mol. The van der Waals surface area contributed by atoms with Crippen LogP contribution in [0.4, 0.5) is 4.39 Å². The Morgan fingerprint density at radius 2 is 1.73 bits per heavy atom. The topological polar surface area (TPSA) is 47.6 Å². The second-order valence-electron chi connectivity index (χ2n) is 4.97. The van der Waals surface area contributed by atoms with Crippen molar-refractivity contribution < 1.29 is 4.39 Å². The van der Waals surface area contributed by atoms with Gasteiger partial charge in [-0.3, -0.25) is 0 Å². The fourth-order valence-corrected chi connectivity index (χ4v) is 2.18. The molecule has 22 heavy (non-hydrogen) atoms. The SMILES string of the molecule is CCCc1ccc(/C=C(/F)c2ccc(C#N)c(C#N)c2)cc1. The van der Waals surface area contributed by atoms with Gasteiger partial charge in [-0.2, -0.15) is 10.5 Å². The Kier molecular flexibility index (Phi) is 5.07. The standard InChI is InChI=1S/C19H15FN2/c1-2-3-14-4-6-15(7-5-14)10-19(20)16-8-9-17(12-21)18(11-16)13-22/h4-11H,2-3H2,1H3/b19-10+. The Hall–Kier alpha value is -2.91. The molecule has 2 rings (SSSR count). The molecule has 3 heteroatoms. The molecule has 2 aromatic rings. The number of halogens is 1. The van der Waals surface area contributed by atoms with E-state index in [-0.39, 0.29) is 11.1 Å². The van der Waals surface area contributed by atoms with Gasteiger partial charge < -0.3 is 0 Å². The first-order valence-electron chi connectivity index (χ1n) is 7.08. The minimum atomic E-state index is -0.427. The van der Waals surface area contributed by atoms with Crippen LogP contribution in [0.5, 0.6) is 0 Å². The van der Waals surface area contributed by atoms with Crippen molar-refractivity contribution in [2.45, 2.75) is 19.8 Å². The molecule has 0 N–H and O–H groups in total. The summed E-state index contributed by atoms with van der Waals surface area (Å²) in [7, 11) is 0. The average Bonchev–Trinajstić information content (AvgIpc) is 2.56. The fourth-order valence-electron chi connectivity index (χ4n) is 2.18. The summed E-state index contributed by atoms with van der Waals surface area (Å²) in [5.41, 5.74) is 2.73. The number of nitriles is 2.